The highest BCUT2D eigenvalue weighted by atomic mass is 19.1. The van der Waals surface area contributed by atoms with Crippen molar-refractivity contribution in [2.45, 2.75) is 25.7 Å². The Hall–Kier alpha value is -2.62. The lowest BCUT2D eigenvalue weighted by atomic mass is 10.1. The van der Waals surface area contributed by atoms with Gasteiger partial charge in [-0.1, -0.05) is 48.6 Å². The van der Waals surface area contributed by atoms with Gasteiger partial charge in [0.15, 0.2) is 0 Å². The number of alkyl halides is 1. The topological polar surface area (TPSA) is 24.1 Å². The first kappa shape index (κ1) is 16.2. The second kappa shape index (κ2) is 7.77. The molecule has 0 saturated heterocycles. The maximum Gasteiger partial charge on any atom is 0.146 e. The molecule has 3 rings (SSSR count). The van der Waals surface area contributed by atoms with E-state index in [0.717, 1.165) is 11.1 Å². The quantitative estimate of drug-likeness (QED) is 0.760. The Balaban J connectivity index is 0.00000169. The highest BCUT2D eigenvalue weighted by molar-refractivity contribution is 5.45. The number of halogens is 2. The molecule has 0 heterocycles. The van der Waals surface area contributed by atoms with E-state index >= 15 is 0 Å². The first-order valence-electron chi connectivity index (χ1n) is 8.03. The molecule has 1 aliphatic rings. The largest absolute Gasteiger partial charge is 0.382 e. The van der Waals surface area contributed by atoms with Gasteiger partial charge in [-0.15, -0.1) is 0 Å². The van der Waals surface area contributed by atoms with Gasteiger partial charge in [0.1, 0.15) is 12.0 Å². The summed E-state index contributed by atoms with van der Waals surface area (Å²) in [6.07, 6.45) is 4.96. The minimum Gasteiger partial charge on any atom is -0.382 e. The van der Waals surface area contributed by atoms with E-state index in [1.165, 1.54) is 6.07 Å². The Morgan fingerprint density at radius 2 is 1.62 bits per heavy atom. The van der Waals surface area contributed by atoms with Gasteiger partial charge in [-0.05, 0) is 29.3 Å². The van der Waals surface area contributed by atoms with Gasteiger partial charge in [0.25, 0.3) is 0 Å². The lowest BCUT2D eigenvalue weighted by Crippen LogP contribution is -2.22. The molecule has 0 aliphatic heterocycles. The normalized spacial score (nSPS) is 16.6. The van der Waals surface area contributed by atoms with Crippen molar-refractivity contribution >= 4 is 5.69 Å². The Bertz CT molecular complexity index is 746. The van der Waals surface area contributed by atoms with Gasteiger partial charge in [0.2, 0.25) is 0 Å². The lowest BCUT2D eigenvalue weighted by molar-refractivity contribution is 0.364. The Morgan fingerprint density at radius 1 is 0.958 bits per heavy atom. The number of nitrogens with one attached hydrogen (secondary N) is 2. The molecule has 4 heteroatoms. The second-order valence-corrected chi connectivity index (χ2v) is 5.76. The van der Waals surface area contributed by atoms with Crippen LogP contribution >= 0.6 is 0 Å². The highest BCUT2D eigenvalue weighted by Crippen LogP contribution is 2.16. The first-order chi connectivity index (χ1) is 11.7. The predicted octanol–water partition coefficient (Wildman–Crippen LogP) is 5.20. The highest BCUT2D eigenvalue weighted by Gasteiger charge is 2.12. The molecule has 0 bridgehead atoms. The molecular formula is C20H24F2N2. The van der Waals surface area contributed by atoms with Crippen molar-refractivity contribution in [2.75, 3.05) is 5.32 Å². The third-order valence-corrected chi connectivity index (χ3v) is 3.97. The summed E-state index contributed by atoms with van der Waals surface area (Å²) in [4.78, 5) is 0. The third kappa shape index (κ3) is 4.22. The van der Waals surface area contributed by atoms with Crippen LogP contribution in [-0.2, 0) is 13.1 Å². The van der Waals surface area contributed by atoms with Gasteiger partial charge >= 0.3 is 0 Å². The maximum absolute atomic E-state index is 13.7. The van der Waals surface area contributed by atoms with Crippen LogP contribution in [0.1, 0.15) is 20.4 Å². The molecule has 0 radical (unpaired) electrons. The van der Waals surface area contributed by atoms with Gasteiger partial charge < -0.3 is 10.6 Å². The van der Waals surface area contributed by atoms with Crippen molar-refractivity contribution < 1.29 is 11.6 Å². The van der Waals surface area contributed by atoms with E-state index in [2.05, 4.69) is 10.6 Å². The number of para-hydroxylation sites is 1. The van der Waals surface area contributed by atoms with Crippen LogP contribution in [0.4, 0.5) is 14.5 Å². The van der Waals surface area contributed by atoms with E-state index in [9.17, 15) is 8.78 Å². The Morgan fingerprint density at radius 3 is 2.29 bits per heavy atom. The molecule has 2 nitrogen and oxygen atoms in total. The van der Waals surface area contributed by atoms with Crippen molar-refractivity contribution in [3.05, 3.63) is 89.4 Å². The molecule has 1 atom stereocenters. The second-order valence-electron chi connectivity index (χ2n) is 5.76. The average molecular weight is 330 g/mol. The fraction of sp³-hybridized carbons (Fsp3) is 0.200. The lowest BCUT2D eigenvalue weighted by Gasteiger charge is -2.16. The van der Waals surface area contributed by atoms with Gasteiger partial charge in [0.05, 0.1) is 5.69 Å². The minimum absolute atomic E-state index is 0. The number of benzene rings is 2. The zero-order valence-electron chi connectivity index (χ0n) is 13.3. The van der Waals surface area contributed by atoms with Crippen LogP contribution in [0.15, 0.2) is 72.5 Å². The third-order valence-electron chi connectivity index (χ3n) is 3.97. The molecule has 0 spiro atoms. The van der Waals surface area contributed by atoms with Gasteiger partial charge in [-0.25, -0.2) is 8.78 Å². The summed E-state index contributed by atoms with van der Waals surface area (Å²) < 4.78 is 27.2. The average Bonchev–Trinajstić information content (AvgIpc) is 2.61. The summed E-state index contributed by atoms with van der Waals surface area (Å²) in [7, 11) is 0. The molecular weight excluding hydrogens is 306 g/mol. The monoisotopic (exact) mass is 330 g/mol. The fourth-order valence-electron chi connectivity index (χ4n) is 2.55. The van der Waals surface area contributed by atoms with Gasteiger partial charge in [-0.2, -0.15) is 0 Å². The molecule has 1 aliphatic carbocycles. The predicted molar refractivity (Wildman–Crippen MR) is 98.0 cm³/mol. The summed E-state index contributed by atoms with van der Waals surface area (Å²) >= 11 is 0. The van der Waals surface area contributed by atoms with Crippen LogP contribution < -0.4 is 10.6 Å². The summed E-state index contributed by atoms with van der Waals surface area (Å²) in [5.41, 5.74) is 3.26. The molecule has 128 valence electrons. The summed E-state index contributed by atoms with van der Waals surface area (Å²) in [5.74, 6) is -0.256. The van der Waals surface area contributed by atoms with Crippen LogP contribution in [0.2, 0.25) is 0 Å². The van der Waals surface area contributed by atoms with E-state index in [4.69, 9.17) is 0 Å². The zero-order valence-corrected chi connectivity index (χ0v) is 13.3. The van der Waals surface area contributed by atoms with E-state index in [1.54, 1.807) is 24.3 Å². The molecule has 0 saturated carbocycles. The van der Waals surface area contributed by atoms with Crippen LogP contribution in [0.25, 0.3) is 0 Å². The summed E-state index contributed by atoms with van der Waals surface area (Å²) in [6, 6.07) is 14.6. The molecule has 2 N–H and O–H groups in total. The number of anilines is 1. The summed E-state index contributed by atoms with van der Waals surface area (Å²) in [5, 5.41) is 6.22. The number of allylic oxidation sites excluding steroid dienone is 4. The Kier molecular flexibility index (Phi) is 5.26. The number of hydrogen-bond donors (Lipinski definition) is 2. The van der Waals surface area contributed by atoms with E-state index in [0.29, 0.717) is 30.9 Å². The SMILES string of the molecule is Fc1ccccc1NCc1ccc(CNC2=CC=CCC2F)cc1.[HH].[HH]. The van der Waals surface area contributed by atoms with Crippen molar-refractivity contribution in [3.8, 4) is 0 Å². The van der Waals surface area contributed by atoms with E-state index in [-0.39, 0.29) is 8.67 Å². The first-order valence-corrected chi connectivity index (χ1v) is 8.03. The van der Waals surface area contributed by atoms with Crippen LogP contribution in [0.5, 0.6) is 0 Å². The van der Waals surface area contributed by atoms with E-state index in [1.807, 2.05) is 36.4 Å². The van der Waals surface area contributed by atoms with Crippen molar-refractivity contribution in [2.24, 2.45) is 0 Å². The Labute approximate surface area is 143 Å². The van der Waals surface area contributed by atoms with Crippen LogP contribution in [0.3, 0.4) is 0 Å². The summed E-state index contributed by atoms with van der Waals surface area (Å²) in [6.45, 7) is 1.14. The molecule has 2 aromatic rings. The molecule has 24 heavy (non-hydrogen) atoms. The van der Waals surface area contributed by atoms with Crippen molar-refractivity contribution in [1.82, 2.24) is 5.32 Å². The fourth-order valence-corrected chi connectivity index (χ4v) is 2.55. The molecule has 0 fully saturated rings. The van der Waals surface area contributed by atoms with Gasteiger partial charge in [0, 0.05) is 28.1 Å². The smallest absolute Gasteiger partial charge is 0.146 e. The van der Waals surface area contributed by atoms with Crippen molar-refractivity contribution in [3.63, 3.8) is 0 Å². The van der Waals surface area contributed by atoms with Crippen molar-refractivity contribution in [1.29, 1.82) is 0 Å². The van der Waals surface area contributed by atoms with E-state index < -0.39 is 6.17 Å². The van der Waals surface area contributed by atoms with Crippen LogP contribution in [-0.4, -0.2) is 6.17 Å². The molecule has 0 amide bonds. The van der Waals surface area contributed by atoms with Gasteiger partial charge in [-0.3, -0.25) is 0 Å². The minimum atomic E-state index is -0.945. The molecule has 0 aromatic heterocycles. The molecule has 2 aromatic carbocycles. The zero-order chi connectivity index (χ0) is 16.8. The standard InChI is InChI=1S/C20H20F2N2.2H2/c21-17-5-1-3-7-19(17)23-13-15-9-11-16(12-10-15)14-24-20-8-4-2-6-18(20)22;;/h1-5,7-12,18,23-24H,6,13-14H2;2*1H. The van der Waals surface area contributed by atoms with Crippen LogP contribution in [0, 0.1) is 5.82 Å². The molecule has 1 unspecified atom stereocenters. The maximum atomic E-state index is 13.7. The number of rotatable bonds is 6. The number of hydrogen-bond acceptors (Lipinski definition) is 2.